The van der Waals surface area contributed by atoms with Crippen molar-refractivity contribution in [3.63, 3.8) is 0 Å². The molecule has 0 bridgehead atoms. The molecule has 9 nitrogen and oxygen atoms in total. The molecule has 0 spiro atoms. The lowest BCUT2D eigenvalue weighted by molar-refractivity contribution is -0.807. The Bertz CT molecular complexity index is 815. The zero-order valence-corrected chi connectivity index (χ0v) is 12.8. The van der Waals surface area contributed by atoms with E-state index >= 15 is 0 Å². The Morgan fingerprint density at radius 1 is 1.57 bits per heavy atom. The van der Waals surface area contributed by atoms with E-state index in [1.807, 2.05) is 0 Å². The van der Waals surface area contributed by atoms with Crippen LogP contribution in [0.5, 0.6) is 0 Å². The van der Waals surface area contributed by atoms with Gasteiger partial charge in [0.15, 0.2) is 11.6 Å². The molecule has 4 N–H and O–H groups in total. The molecule has 2 aromatic rings. The fourth-order valence-electron chi connectivity index (χ4n) is 2.86. The zero-order valence-electron chi connectivity index (χ0n) is 12.8. The Morgan fingerprint density at radius 2 is 2.26 bits per heavy atom. The summed E-state index contributed by atoms with van der Waals surface area (Å²) in [6, 6.07) is 0. The predicted molar refractivity (Wildman–Crippen MR) is 79.5 cm³/mol. The Kier molecular flexibility index (Phi) is 3.17. The van der Waals surface area contributed by atoms with Crippen molar-refractivity contribution in [2.24, 2.45) is 0 Å². The smallest absolute Gasteiger partial charge is 0.346 e. The molecule has 2 aromatic heterocycles. The summed E-state index contributed by atoms with van der Waals surface area (Å²) in [6.07, 6.45) is 2.99. The second-order valence-electron chi connectivity index (χ2n) is 5.95. The summed E-state index contributed by atoms with van der Waals surface area (Å²) in [7, 11) is 0. The number of nitrogens with one attached hydrogen (secondary N) is 1. The van der Waals surface area contributed by atoms with Crippen molar-refractivity contribution in [3.05, 3.63) is 25.3 Å². The molecule has 0 saturated carbocycles. The summed E-state index contributed by atoms with van der Waals surface area (Å²) in [5.74, 6) is -1.01. The molecule has 3 rings (SSSR count). The molecule has 9 heteroatoms. The van der Waals surface area contributed by atoms with E-state index in [9.17, 15) is 20.1 Å². The van der Waals surface area contributed by atoms with Gasteiger partial charge in [-0.15, -0.1) is 6.58 Å². The second-order valence-corrected chi connectivity index (χ2v) is 5.95. The summed E-state index contributed by atoms with van der Waals surface area (Å²) in [5, 5.41) is 33.3. The maximum atomic E-state index is 11.6. The fraction of sp³-hybridized carbons (Fsp3) is 0.429. The van der Waals surface area contributed by atoms with E-state index in [1.165, 1.54) is 24.7 Å². The number of carboxylic acid groups (broad SMARTS) is 1. The molecule has 0 fully saturated rings. The molecule has 3 atom stereocenters. The van der Waals surface area contributed by atoms with Gasteiger partial charge in [-0.25, -0.2) is 14.3 Å². The second kappa shape index (κ2) is 4.74. The number of fused-ring (bicyclic) bond motifs is 3. The average molecular weight is 320 g/mol. The monoisotopic (exact) mass is 320 g/mol. The summed E-state index contributed by atoms with van der Waals surface area (Å²) in [4.78, 5) is 20.1. The number of hydrogen-bond acceptors (Lipinski definition) is 6. The van der Waals surface area contributed by atoms with Gasteiger partial charge in [-0.3, -0.25) is 9.88 Å². The van der Waals surface area contributed by atoms with Gasteiger partial charge in [-0.2, -0.15) is 0 Å². The molecule has 1 aliphatic heterocycles. The largest absolute Gasteiger partial charge is 0.478 e. The first-order chi connectivity index (χ1) is 10.7. The molecule has 0 aliphatic carbocycles. The highest BCUT2D eigenvalue weighted by Gasteiger charge is 2.59. The number of carboxylic acids is 1. The Hall–Kier alpha value is -2.52. The van der Waals surface area contributed by atoms with Crippen molar-refractivity contribution in [2.75, 3.05) is 5.32 Å². The lowest BCUT2D eigenvalue weighted by Crippen LogP contribution is -2.75. The number of allylic oxidation sites excluding steroid dienone is 1. The van der Waals surface area contributed by atoms with E-state index in [2.05, 4.69) is 21.9 Å². The van der Waals surface area contributed by atoms with Crippen LogP contribution < -0.4 is 9.88 Å². The van der Waals surface area contributed by atoms with Gasteiger partial charge in [0.1, 0.15) is 0 Å². The van der Waals surface area contributed by atoms with Crippen LogP contribution in [0.2, 0.25) is 0 Å². The SMILES string of the molecule is C=CCn1cnc2c3[n+](cnc21)C(C)(O)C(O)C(C)(C(=O)O)N3. The Labute approximate surface area is 131 Å². The molecule has 3 unspecified atom stereocenters. The van der Waals surface area contributed by atoms with Gasteiger partial charge in [0.25, 0.3) is 5.82 Å². The number of aromatic nitrogens is 4. The first-order valence-corrected chi connectivity index (χ1v) is 7.02. The predicted octanol–water partition coefficient (Wildman–Crippen LogP) is -0.800. The topological polar surface area (TPSA) is 124 Å². The minimum Gasteiger partial charge on any atom is -0.478 e. The molecule has 0 aromatic carbocycles. The minimum absolute atomic E-state index is 0.276. The molecule has 0 radical (unpaired) electrons. The summed E-state index contributed by atoms with van der Waals surface area (Å²) in [5.41, 5.74) is -2.73. The third-order valence-electron chi connectivity index (χ3n) is 4.27. The first kappa shape index (κ1) is 15.4. The third kappa shape index (κ3) is 1.93. The van der Waals surface area contributed by atoms with Crippen LogP contribution in [0.1, 0.15) is 13.8 Å². The van der Waals surface area contributed by atoms with Gasteiger partial charge < -0.3 is 15.3 Å². The number of aliphatic hydroxyl groups is 2. The summed E-state index contributed by atoms with van der Waals surface area (Å²) in [6.45, 7) is 6.79. The van der Waals surface area contributed by atoms with Crippen LogP contribution in [0, 0.1) is 0 Å². The minimum atomic E-state index is -1.86. The molecule has 122 valence electrons. The van der Waals surface area contributed by atoms with E-state index in [-0.39, 0.29) is 5.82 Å². The molecule has 0 amide bonds. The van der Waals surface area contributed by atoms with E-state index in [4.69, 9.17) is 0 Å². The number of imidazole rings is 1. The summed E-state index contributed by atoms with van der Waals surface area (Å²) < 4.78 is 3.03. The Balaban J connectivity index is 2.28. The van der Waals surface area contributed by atoms with Gasteiger partial charge in [-0.1, -0.05) is 11.1 Å². The van der Waals surface area contributed by atoms with Crippen molar-refractivity contribution < 1.29 is 24.7 Å². The van der Waals surface area contributed by atoms with E-state index in [1.54, 1.807) is 17.0 Å². The Morgan fingerprint density at radius 3 is 2.87 bits per heavy atom. The van der Waals surface area contributed by atoms with E-state index in [0.717, 1.165) is 0 Å². The molecular formula is C14H18N5O4+. The molecule has 3 heterocycles. The molecule has 0 saturated heterocycles. The van der Waals surface area contributed by atoms with Crippen LogP contribution >= 0.6 is 0 Å². The highest BCUT2D eigenvalue weighted by Crippen LogP contribution is 2.33. The van der Waals surface area contributed by atoms with Gasteiger partial charge in [0.05, 0.1) is 6.33 Å². The normalized spacial score (nSPS) is 29.8. The lowest BCUT2D eigenvalue weighted by atomic mass is 9.85. The fourth-order valence-corrected chi connectivity index (χ4v) is 2.86. The van der Waals surface area contributed by atoms with Crippen molar-refractivity contribution >= 4 is 23.0 Å². The van der Waals surface area contributed by atoms with Crippen molar-refractivity contribution in [1.82, 2.24) is 14.5 Å². The lowest BCUT2D eigenvalue weighted by Gasteiger charge is -2.41. The highest BCUT2D eigenvalue weighted by atomic mass is 16.4. The summed E-state index contributed by atoms with van der Waals surface area (Å²) >= 11 is 0. The van der Waals surface area contributed by atoms with Crippen molar-refractivity contribution in [3.8, 4) is 0 Å². The third-order valence-corrected chi connectivity index (χ3v) is 4.27. The molecule has 1 aliphatic rings. The number of aliphatic hydroxyl groups excluding tert-OH is 1. The first-order valence-electron chi connectivity index (χ1n) is 7.02. The quantitative estimate of drug-likeness (QED) is 0.431. The van der Waals surface area contributed by atoms with Crippen LogP contribution in [0.4, 0.5) is 5.82 Å². The number of nitrogens with zero attached hydrogens (tertiary/aromatic N) is 4. The molecule has 23 heavy (non-hydrogen) atoms. The van der Waals surface area contributed by atoms with E-state index in [0.29, 0.717) is 17.7 Å². The number of rotatable bonds is 3. The maximum absolute atomic E-state index is 11.6. The van der Waals surface area contributed by atoms with Crippen LogP contribution in [0.25, 0.3) is 11.2 Å². The standard InChI is InChI=1S/C14H17N5O4/c1-4-5-18-6-15-8-9(18)16-7-19-10(8)17-13(2,12(21)22)11(20)14(19,3)23/h4,6-7,11,20,23H,1,5H2,2-3H3,(H,21,22)/p+1. The highest BCUT2D eigenvalue weighted by molar-refractivity contribution is 5.88. The number of aliphatic carboxylic acids is 1. The van der Waals surface area contributed by atoms with Gasteiger partial charge >= 0.3 is 5.97 Å². The van der Waals surface area contributed by atoms with Gasteiger partial charge in [-0.05, 0) is 6.92 Å². The van der Waals surface area contributed by atoms with E-state index < -0.39 is 23.3 Å². The van der Waals surface area contributed by atoms with Crippen LogP contribution in [0.15, 0.2) is 25.3 Å². The zero-order chi connectivity index (χ0) is 17.0. The van der Waals surface area contributed by atoms with Gasteiger partial charge in [0, 0.05) is 13.5 Å². The number of hydrogen-bond donors (Lipinski definition) is 4. The van der Waals surface area contributed by atoms with Crippen molar-refractivity contribution in [2.45, 2.75) is 37.8 Å². The van der Waals surface area contributed by atoms with Crippen LogP contribution in [0.3, 0.4) is 0 Å². The number of anilines is 1. The van der Waals surface area contributed by atoms with Gasteiger partial charge in [0.2, 0.25) is 23.2 Å². The van der Waals surface area contributed by atoms with Crippen LogP contribution in [-0.4, -0.2) is 47.5 Å². The average Bonchev–Trinajstić information content (AvgIpc) is 2.89. The number of carbonyl (C=O) groups is 1. The maximum Gasteiger partial charge on any atom is 0.346 e. The molecular weight excluding hydrogens is 302 g/mol. The van der Waals surface area contributed by atoms with Crippen molar-refractivity contribution in [1.29, 1.82) is 0 Å². The van der Waals surface area contributed by atoms with Crippen LogP contribution in [-0.2, 0) is 17.1 Å².